The topological polar surface area (TPSA) is 16.4 Å². The minimum absolute atomic E-state index is 0.898. The van der Waals surface area contributed by atoms with E-state index in [9.17, 15) is 0 Å². The highest BCUT2D eigenvalue weighted by molar-refractivity contribution is 6.09. The van der Waals surface area contributed by atoms with Crippen molar-refractivity contribution in [2.45, 2.75) is 0 Å². The fourth-order valence-electron chi connectivity index (χ4n) is 9.60. The molecule has 0 unspecified atom stereocenters. The lowest BCUT2D eigenvalue weighted by Crippen LogP contribution is -2.09. The fourth-order valence-corrected chi connectivity index (χ4v) is 9.60. The summed E-state index contributed by atoms with van der Waals surface area (Å²) in [6, 6.07) is 89.7. The van der Waals surface area contributed by atoms with E-state index in [1.807, 2.05) is 12.1 Å². The minimum atomic E-state index is 0.898. The summed E-state index contributed by atoms with van der Waals surface area (Å²) in [6.07, 6.45) is 0. The maximum atomic E-state index is 6.27. The van der Waals surface area contributed by atoms with E-state index < -0.39 is 0 Å². The highest BCUT2D eigenvalue weighted by Gasteiger charge is 2.18. The van der Waals surface area contributed by atoms with E-state index in [-0.39, 0.29) is 0 Å². The number of hydrogen-bond acceptors (Lipinski definition) is 2. The van der Waals surface area contributed by atoms with E-state index in [2.05, 4.69) is 241 Å². The number of furan rings is 1. The number of hydrogen-bond donors (Lipinski definition) is 0. The lowest BCUT2D eigenvalue weighted by molar-refractivity contribution is 0.669. The molecule has 0 saturated carbocycles. The van der Waals surface area contributed by atoms with Gasteiger partial charge in [-0.2, -0.15) is 0 Å². The van der Waals surface area contributed by atoms with Crippen LogP contribution in [0.25, 0.3) is 99.1 Å². The molecule has 300 valence electrons. The van der Waals surface area contributed by atoms with Gasteiger partial charge >= 0.3 is 0 Å². The van der Waals surface area contributed by atoms with Crippen LogP contribution in [0.1, 0.15) is 0 Å². The first-order chi connectivity index (χ1) is 31.7. The zero-order valence-electron chi connectivity index (χ0n) is 35.0. The van der Waals surface area contributed by atoms with Crippen molar-refractivity contribution >= 4 is 60.5 Å². The van der Waals surface area contributed by atoms with E-state index in [4.69, 9.17) is 4.42 Å². The Labute approximate surface area is 372 Å². The van der Waals surface area contributed by atoms with Gasteiger partial charge in [-0.15, -0.1) is 0 Å². The van der Waals surface area contributed by atoms with E-state index in [0.717, 1.165) is 55.7 Å². The summed E-state index contributed by atoms with van der Waals surface area (Å²) >= 11 is 0. The Morgan fingerprint density at radius 1 is 0.234 bits per heavy atom. The first kappa shape index (κ1) is 37.3. The first-order valence-corrected chi connectivity index (χ1v) is 21.9. The SMILES string of the molecule is c1ccc(-c2ccccc2-c2ccccc2-c2ccccc2-c2ccc(N(c3ccc(-c4ccc5c(c4)oc4ccccc45)cc3)c3ccc4c(ccc5ccccc54)c3)cc2)cc1. The Hall–Kier alpha value is -8.46. The van der Waals surface area contributed by atoms with Crippen LogP contribution in [0.3, 0.4) is 0 Å². The molecule has 0 saturated heterocycles. The highest BCUT2D eigenvalue weighted by atomic mass is 16.3. The second-order valence-corrected chi connectivity index (χ2v) is 16.4. The number of benzene rings is 11. The maximum Gasteiger partial charge on any atom is 0.136 e. The molecule has 0 spiro atoms. The van der Waals surface area contributed by atoms with Crippen LogP contribution in [0.2, 0.25) is 0 Å². The molecule has 12 rings (SSSR count). The summed E-state index contributed by atoms with van der Waals surface area (Å²) in [6.45, 7) is 0. The minimum Gasteiger partial charge on any atom is -0.456 e. The van der Waals surface area contributed by atoms with Gasteiger partial charge in [-0.05, 0) is 132 Å². The third kappa shape index (κ3) is 6.61. The van der Waals surface area contributed by atoms with Crippen molar-refractivity contribution < 1.29 is 4.42 Å². The molecule has 1 heterocycles. The van der Waals surface area contributed by atoms with Crippen molar-refractivity contribution in [1.29, 1.82) is 0 Å². The van der Waals surface area contributed by atoms with E-state index in [0.29, 0.717) is 0 Å². The average molecular weight is 816 g/mol. The molecule has 2 heteroatoms. The van der Waals surface area contributed by atoms with Crippen LogP contribution in [-0.2, 0) is 0 Å². The predicted molar refractivity (Wildman–Crippen MR) is 271 cm³/mol. The second kappa shape index (κ2) is 15.8. The Kier molecular flexibility index (Phi) is 9.20. The van der Waals surface area contributed by atoms with Gasteiger partial charge in [0.1, 0.15) is 11.2 Å². The monoisotopic (exact) mass is 815 g/mol. The molecule has 12 aromatic rings. The van der Waals surface area contributed by atoms with Crippen molar-refractivity contribution in [3.63, 3.8) is 0 Å². The highest BCUT2D eigenvalue weighted by Crippen LogP contribution is 2.44. The first-order valence-electron chi connectivity index (χ1n) is 21.9. The van der Waals surface area contributed by atoms with Crippen LogP contribution in [0.4, 0.5) is 17.1 Å². The Morgan fingerprint density at radius 3 is 1.34 bits per heavy atom. The number of para-hydroxylation sites is 1. The molecule has 0 N–H and O–H groups in total. The summed E-state index contributed by atoms with van der Waals surface area (Å²) in [4.78, 5) is 2.37. The normalized spacial score (nSPS) is 11.4. The molecule has 2 nitrogen and oxygen atoms in total. The van der Waals surface area contributed by atoms with Crippen molar-refractivity contribution in [2.75, 3.05) is 4.90 Å². The van der Waals surface area contributed by atoms with Gasteiger partial charge in [0.2, 0.25) is 0 Å². The smallest absolute Gasteiger partial charge is 0.136 e. The largest absolute Gasteiger partial charge is 0.456 e. The maximum absolute atomic E-state index is 6.27. The third-order valence-electron chi connectivity index (χ3n) is 12.7. The van der Waals surface area contributed by atoms with Crippen molar-refractivity contribution in [3.8, 4) is 55.6 Å². The molecule has 0 atom stereocenters. The zero-order valence-corrected chi connectivity index (χ0v) is 35.0. The van der Waals surface area contributed by atoms with Crippen LogP contribution in [0.15, 0.2) is 253 Å². The van der Waals surface area contributed by atoms with Crippen molar-refractivity contribution in [1.82, 2.24) is 0 Å². The van der Waals surface area contributed by atoms with Gasteiger partial charge in [-0.3, -0.25) is 0 Å². The van der Waals surface area contributed by atoms with Gasteiger partial charge in [0, 0.05) is 27.8 Å². The second-order valence-electron chi connectivity index (χ2n) is 16.4. The summed E-state index contributed by atoms with van der Waals surface area (Å²) in [5.74, 6) is 0. The predicted octanol–water partition coefficient (Wildman–Crippen LogP) is 17.7. The zero-order chi connectivity index (χ0) is 42.4. The summed E-state index contributed by atoms with van der Waals surface area (Å²) < 4.78 is 6.27. The van der Waals surface area contributed by atoms with Gasteiger partial charge < -0.3 is 9.32 Å². The number of rotatable bonds is 8. The summed E-state index contributed by atoms with van der Waals surface area (Å²) in [5.41, 5.74) is 16.9. The molecule has 64 heavy (non-hydrogen) atoms. The van der Waals surface area contributed by atoms with Crippen LogP contribution < -0.4 is 4.90 Å². The molecule has 0 amide bonds. The van der Waals surface area contributed by atoms with Gasteiger partial charge in [-0.1, -0.05) is 194 Å². The molecule has 0 fully saturated rings. The third-order valence-corrected chi connectivity index (χ3v) is 12.7. The standard InChI is InChI=1S/C62H41NO/c1-2-14-43(15-3-1)52-18-6-8-20-55(52)57-22-10-11-23-58(57)56-21-9-7-19-53(56)45-30-35-49(36-31-45)63(50-37-39-54-47(40-50)27-26-44-16-4-5-17-51(44)54)48-33-28-42(29-34-48)46-32-38-60-59-24-12-13-25-61(59)64-62(60)41-46/h1-41H. The van der Waals surface area contributed by atoms with Gasteiger partial charge in [0.25, 0.3) is 0 Å². The quantitative estimate of drug-likeness (QED) is 0.142. The van der Waals surface area contributed by atoms with Crippen LogP contribution in [0.5, 0.6) is 0 Å². The Balaban J connectivity index is 0.941. The van der Waals surface area contributed by atoms with E-state index in [1.54, 1.807) is 0 Å². The molecular weight excluding hydrogens is 775 g/mol. The molecule has 0 aliphatic heterocycles. The average Bonchev–Trinajstić information content (AvgIpc) is 3.75. The molecule has 1 aromatic heterocycles. The van der Waals surface area contributed by atoms with Crippen LogP contribution in [-0.4, -0.2) is 0 Å². The molecule has 0 bridgehead atoms. The van der Waals surface area contributed by atoms with Gasteiger partial charge in [-0.25, -0.2) is 0 Å². The van der Waals surface area contributed by atoms with Gasteiger partial charge in [0.05, 0.1) is 0 Å². The summed E-state index contributed by atoms with van der Waals surface area (Å²) in [5, 5.41) is 7.23. The van der Waals surface area contributed by atoms with E-state index >= 15 is 0 Å². The molecule has 11 aromatic carbocycles. The Morgan fingerprint density at radius 2 is 0.672 bits per heavy atom. The number of anilines is 3. The fraction of sp³-hybridized carbons (Fsp3) is 0. The van der Waals surface area contributed by atoms with Crippen LogP contribution >= 0.6 is 0 Å². The van der Waals surface area contributed by atoms with Crippen molar-refractivity contribution in [2.24, 2.45) is 0 Å². The molecule has 0 aliphatic rings. The van der Waals surface area contributed by atoms with Gasteiger partial charge in [0.15, 0.2) is 0 Å². The van der Waals surface area contributed by atoms with Crippen LogP contribution in [0, 0.1) is 0 Å². The number of nitrogens with zero attached hydrogens (tertiary/aromatic N) is 1. The lowest BCUT2D eigenvalue weighted by Gasteiger charge is -2.26. The Bertz CT molecular complexity index is 3660. The van der Waals surface area contributed by atoms with Crippen molar-refractivity contribution in [3.05, 3.63) is 249 Å². The molecular formula is C62H41NO. The van der Waals surface area contributed by atoms with E-state index in [1.165, 1.54) is 60.5 Å². The molecule has 0 radical (unpaired) electrons. The lowest BCUT2D eigenvalue weighted by atomic mass is 9.87. The summed E-state index contributed by atoms with van der Waals surface area (Å²) in [7, 11) is 0. The molecule has 0 aliphatic carbocycles. The number of fused-ring (bicyclic) bond motifs is 6.